The highest BCUT2D eigenvalue weighted by Gasteiger charge is 2.03. The van der Waals surface area contributed by atoms with Gasteiger partial charge in [0.25, 0.3) is 0 Å². The molecular weight excluding hydrogens is 252 g/mol. The summed E-state index contributed by atoms with van der Waals surface area (Å²) in [6, 6.07) is 5.39. The average molecular weight is 278 g/mol. The molecule has 0 saturated heterocycles. The van der Waals surface area contributed by atoms with Crippen molar-refractivity contribution in [2.24, 2.45) is 0 Å². The lowest BCUT2D eigenvalue weighted by atomic mass is 10.2. The first kappa shape index (κ1) is 16.5. The molecule has 0 aliphatic heterocycles. The summed E-state index contributed by atoms with van der Waals surface area (Å²) < 4.78 is 11.4. The van der Waals surface area contributed by atoms with Gasteiger partial charge in [-0.25, -0.2) is 0 Å². The Hall–Kier alpha value is -1.51. The van der Waals surface area contributed by atoms with Crippen LogP contribution in [0.3, 0.4) is 0 Å². The Morgan fingerprint density at radius 1 is 0.850 bits per heavy atom. The van der Waals surface area contributed by atoms with E-state index in [0.717, 1.165) is 43.5 Å². The van der Waals surface area contributed by atoms with Crippen molar-refractivity contribution in [1.29, 1.82) is 0 Å². The summed E-state index contributed by atoms with van der Waals surface area (Å²) >= 11 is 0. The summed E-state index contributed by atoms with van der Waals surface area (Å²) in [6.45, 7) is 5.70. The molecule has 0 N–H and O–H groups in total. The quantitative estimate of drug-likeness (QED) is 0.437. The van der Waals surface area contributed by atoms with Gasteiger partial charge in [-0.15, -0.1) is 0 Å². The van der Waals surface area contributed by atoms with Gasteiger partial charge in [-0.1, -0.05) is 39.5 Å². The van der Waals surface area contributed by atoms with E-state index >= 15 is 0 Å². The van der Waals surface area contributed by atoms with E-state index in [9.17, 15) is 4.79 Å². The van der Waals surface area contributed by atoms with Crippen LogP contribution in [0.1, 0.15) is 62.7 Å². The highest BCUT2D eigenvalue weighted by Crippen LogP contribution is 2.23. The topological polar surface area (TPSA) is 35.5 Å². The summed E-state index contributed by atoms with van der Waals surface area (Å²) in [4.78, 5) is 11.0. The van der Waals surface area contributed by atoms with Crippen molar-refractivity contribution in [2.45, 2.75) is 52.4 Å². The monoisotopic (exact) mass is 278 g/mol. The average Bonchev–Trinajstić information content (AvgIpc) is 2.48. The Labute approximate surface area is 122 Å². The molecule has 0 bridgehead atoms. The number of carbonyl (C=O) groups is 1. The number of aldehydes is 1. The first-order valence-corrected chi connectivity index (χ1v) is 7.66. The van der Waals surface area contributed by atoms with Gasteiger partial charge in [0, 0.05) is 11.6 Å². The first-order valence-electron chi connectivity index (χ1n) is 7.66. The standard InChI is InChI=1S/C17H26O3/c1-3-5-7-9-19-16-11-15(14-18)12-17(13-16)20-10-8-6-4-2/h11-14H,3-10H2,1-2H3. The molecular formula is C17H26O3. The first-order chi connectivity index (χ1) is 9.80. The predicted molar refractivity (Wildman–Crippen MR) is 81.9 cm³/mol. The van der Waals surface area contributed by atoms with Gasteiger partial charge in [-0.05, 0) is 25.0 Å². The lowest BCUT2D eigenvalue weighted by molar-refractivity contribution is 0.112. The van der Waals surface area contributed by atoms with Crippen molar-refractivity contribution < 1.29 is 14.3 Å². The van der Waals surface area contributed by atoms with Crippen LogP contribution in [0.25, 0.3) is 0 Å². The predicted octanol–water partition coefficient (Wildman–Crippen LogP) is 4.64. The smallest absolute Gasteiger partial charge is 0.150 e. The van der Waals surface area contributed by atoms with Crippen LogP contribution in [0.5, 0.6) is 11.5 Å². The maximum absolute atomic E-state index is 11.0. The summed E-state index contributed by atoms with van der Waals surface area (Å²) in [5.74, 6) is 1.44. The SMILES string of the molecule is CCCCCOc1cc(C=O)cc(OCCCCC)c1. The Bertz CT molecular complexity index is 358. The molecule has 0 aliphatic rings. The molecule has 0 heterocycles. The van der Waals surface area contributed by atoms with Crippen molar-refractivity contribution in [1.82, 2.24) is 0 Å². The second-order valence-electron chi connectivity index (χ2n) is 4.97. The number of ether oxygens (including phenoxy) is 2. The third kappa shape index (κ3) is 6.60. The second-order valence-corrected chi connectivity index (χ2v) is 4.97. The largest absolute Gasteiger partial charge is 0.493 e. The molecule has 1 aromatic rings. The lowest BCUT2D eigenvalue weighted by Crippen LogP contribution is -2.01. The van der Waals surface area contributed by atoms with Crippen LogP contribution >= 0.6 is 0 Å². The van der Waals surface area contributed by atoms with Crippen LogP contribution in [-0.4, -0.2) is 19.5 Å². The molecule has 1 aromatic carbocycles. The molecule has 1 rings (SSSR count). The Morgan fingerprint density at radius 2 is 1.35 bits per heavy atom. The molecule has 0 saturated carbocycles. The molecule has 3 nitrogen and oxygen atoms in total. The molecule has 0 unspecified atom stereocenters. The van der Waals surface area contributed by atoms with E-state index < -0.39 is 0 Å². The number of rotatable bonds is 11. The van der Waals surface area contributed by atoms with Gasteiger partial charge in [0.2, 0.25) is 0 Å². The minimum Gasteiger partial charge on any atom is -0.493 e. The second kappa shape index (κ2) is 10.3. The molecule has 0 atom stereocenters. The zero-order valence-corrected chi connectivity index (χ0v) is 12.7. The van der Waals surface area contributed by atoms with Crippen LogP contribution in [-0.2, 0) is 0 Å². The summed E-state index contributed by atoms with van der Waals surface area (Å²) in [5, 5.41) is 0. The van der Waals surface area contributed by atoms with Gasteiger partial charge in [0.1, 0.15) is 17.8 Å². The molecule has 0 spiro atoms. The fourth-order valence-corrected chi connectivity index (χ4v) is 1.91. The summed E-state index contributed by atoms with van der Waals surface area (Å²) in [5.41, 5.74) is 0.600. The van der Waals surface area contributed by atoms with Crippen molar-refractivity contribution in [3.05, 3.63) is 23.8 Å². The summed E-state index contributed by atoms with van der Waals surface area (Å²) in [7, 11) is 0. The molecule has 0 aromatic heterocycles. The number of hydrogen-bond acceptors (Lipinski definition) is 3. The molecule has 0 amide bonds. The van der Waals surface area contributed by atoms with E-state index in [1.54, 1.807) is 12.1 Å². The van der Waals surface area contributed by atoms with Crippen LogP contribution in [0, 0.1) is 0 Å². The van der Waals surface area contributed by atoms with E-state index in [2.05, 4.69) is 13.8 Å². The molecule has 3 heteroatoms. The van der Waals surface area contributed by atoms with Crippen LogP contribution < -0.4 is 9.47 Å². The van der Waals surface area contributed by atoms with Gasteiger partial charge in [0.15, 0.2) is 0 Å². The Kier molecular flexibility index (Phi) is 8.52. The third-order valence-corrected chi connectivity index (χ3v) is 3.07. The normalized spacial score (nSPS) is 10.3. The van der Waals surface area contributed by atoms with Crippen molar-refractivity contribution in [3.8, 4) is 11.5 Å². The zero-order chi connectivity index (χ0) is 14.6. The number of unbranched alkanes of at least 4 members (excludes halogenated alkanes) is 4. The van der Waals surface area contributed by atoms with Crippen LogP contribution in [0.2, 0.25) is 0 Å². The fourth-order valence-electron chi connectivity index (χ4n) is 1.91. The van der Waals surface area contributed by atoms with E-state index in [0.29, 0.717) is 18.8 Å². The molecule has 0 radical (unpaired) electrons. The van der Waals surface area contributed by atoms with Crippen LogP contribution in [0.4, 0.5) is 0 Å². The number of benzene rings is 1. The maximum atomic E-state index is 11.0. The van der Waals surface area contributed by atoms with E-state index in [1.165, 1.54) is 12.8 Å². The van der Waals surface area contributed by atoms with Gasteiger partial charge in [-0.3, -0.25) is 4.79 Å². The highest BCUT2D eigenvalue weighted by atomic mass is 16.5. The number of hydrogen-bond donors (Lipinski definition) is 0. The minimum absolute atomic E-state index is 0.600. The van der Waals surface area contributed by atoms with Crippen LogP contribution in [0.15, 0.2) is 18.2 Å². The maximum Gasteiger partial charge on any atom is 0.150 e. The molecule has 20 heavy (non-hydrogen) atoms. The van der Waals surface area contributed by atoms with Gasteiger partial charge >= 0.3 is 0 Å². The highest BCUT2D eigenvalue weighted by molar-refractivity contribution is 5.76. The van der Waals surface area contributed by atoms with Gasteiger partial charge in [-0.2, -0.15) is 0 Å². The molecule has 112 valence electrons. The lowest BCUT2D eigenvalue weighted by Gasteiger charge is -2.10. The molecule has 0 fully saturated rings. The Balaban J connectivity index is 2.53. The van der Waals surface area contributed by atoms with E-state index in [-0.39, 0.29) is 0 Å². The third-order valence-electron chi connectivity index (χ3n) is 3.07. The summed E-state index contributed by atoms with van der Waals surface area (Å²) in [6.07, 6.45) is 7.56. The van der Waals surface area contributed by atoms with Crippen molar-refractivity contribution in [2.75, 3.05) is 13.2 Å². The van der Waals surface area contributed by atoms with Gasteiger partial charge in [0.05, 0.1) is 13.2 Å². The fraction of sp³-hybridized carbons (Fsp3) is 0.588. The minimum atomic E-state index is 0.600. The van der Waals surface area contributed by atoms with E-state index in [4.69, 9.17) is 9.47 Å². The molecule has 0 aliphatic carbocycles. The number of carbonyl (C=O) groups excluding carboxylic acids is 1. The Morgan fingerprint density at radius 3 is 1.75 bits per heavy atom. The van der Waals surface area contributed by atoms with Gasteiger partial charge < -0.3 is 9.47 Å². The van der Waals surface area contributed by atoms with Crippen molar-refractivity contribution >= 4 is 6.29 Å². The van der Waals surface area contributed by atoms with E-state index in [1.807, 2.05) is 6.07 Å². The van der Waals surface area contributed by atoms with Crippen molar-refractivity contribution in [3.63, 3.8) is 0 Å². The zero-order valence-electron chi connectivity index (χ0n) is 12.7.